The highest BCUT2D eigenvalue weighted by Gasteiger charge is 2.59. The topological polar surface area (TPSA) is 68.3 Å². The van der Waals surface area contributed by atoms with Crippen molar-refractivity contribution in [2.45, 2.75) is 65.1 Å². The third kappa shape index (κ3) is 8.75. The van der Waals surface area contributed by atoms with E-state index in [0.717, 1.165) is 36.3 Å². The molecule has 7 heteroatoms. The summed E-state index contributed by atoms with van der Waals surface area (Å²) in [5, 5.41) is 0. The molecule has 0 aromatic heterocycles. The number of amides is 1. The fraction of sp³-hybridized carbons (Fsp3) is 0.395. The Kier molecular flexibility index (Phi) is 10.9. The Morgan fingerprint density at radius 1 is 0.840 bits per heavy atom. The fourth-order valence-corrected chi connectivity index (χ4v) is 7.15. The molecule has 6 rings (SSSR count). The smallest absolute Gasteiger partial charge is 0.347 e. The molecule has 1 aliphatic carbocycles. The van der Waals surface area contributed by atoms with E-state index < -0.39 is 6.10 Å². The lowest BCUT2D eigenvalue weighted by Gasteiger charge is -2.28. The van der Waals surface area contributed by atoms with Gasteiger partial charge in [-0.1, -0.05) is 93.1 Å². The van der Waals surface area contributed by atoms with Crippen molar-refractivity contribution in [1.82, 2.24) is 9.80 Å². The van der Waals surface area contributed by atoms with Crippen LogP contribution in [-0.2, 0) is 27.9 Å². The lowest BCUT2D eigenvalue weighted by molar-refractivity contribution is -0.151. The van der Waals surface area contributed by atoms with Crippen molar-refractivity contribution in [2.24, 2.45) is 11.8 Å². The van der Waals surface area contributed by atoms with Crippen LogP contribution in [0.25, 0.3) is 0 Å². The van der Waals surface area contributed by atoms with Gasteiger partial charge in [0.05, 0.1) is 13.2 Å². The number of piperidine rings is 1. The second kappa shape index (κ2) is 15.5. The van der Waals surface area contributed by atoms with Crippen LogP contribution in [0.1, 0.15) is 60.3 Å². The molecular formula is C43H50N2O5. The molecule has 0 bridgehead atoms. The highest BCUT2D eigenvalue weighted by atomic mass is 16.6. The Morgan fingerprint density at radius 2 is 1.52 bits per heavy atom. The Morgan fingerprint density at radius 3 is 2.16 bits per heavy atom. The molecule has 1 amide bonds. The fourth-order valence-electron chi connectivity index (χ4n) is 7.15. The summed E-state index contributed by atoms with van der Waals surface area (Å²) in [5.74, 6) is 1.99. The van der Waals surface area contributed by atoms with Gasteiger partial charge in [0.15, 0.2) is 6.10 Å². The van der Waals surface area contributed by atoms with Gasteiger partial charge in [0, 0.05) is 37.7 Å². The standard InChI is InChI=1S/C43H50N2O5/c1-6-48-42(47)39(50-36-21-17-34(18-22-36)43(3,4)5)26-31-15-19-35(20-16-31)49-24-23-45(41(46)33-14-10-11-30(2)25-33)40-37-28-44(29-38(37)40)27-32-12-8-7-9-13-32/h7-22,25,37-40H,6,23-24,26-29H2,1-5H3/t37-,38+,39-,40?/m0/s1. The summed E-state index contributed by atoms with van der Waals surface area (Å²) in [4.78, 5) is 31.3. The summed E-state index contributed by atoms with van der Waals surface area (Å²) in [6, 6.07) is 34.3. The number of carbonyl (C=O) groups excluding carboxylic acids is 2. The third-order valence-electron chi connectivity index (χ3n) is 9.85. The number of hydrogen-bond donors (Lipinski definition) is 0. The van der Waals surface area contributed by atoms with Gasteiger partial charge in [-0.15, -0.1) is 0 Å². The molecule has 7 nitrogen and oxygen atoms in total. The second-order valence-electron chi connectivity index (χ2n) is 14.7. The molecule has 0 spiro atoms. The minimum atomic E-state index is -0.773. The summed E-state index contributed by atoms with van der Waals surface area (Å²) in [5.41, 5.74) is 5.28. The molecule has 2 fully saturated rings. The number of hydrogen-bond acceptors (Lipinski definition) is 6. The minimum absolute atomic E-state index is 0.0270. The minimum Gasteiger partial charge on any atom is -0.492 e. The predicted octanol–water partition coefficient (Wildman–Crippen LogP) is 7.50. The average molecular weight is 675 g/mol. The van der Waals surface area contributed by atoms with Gasteiger partial charge in [-0.2, -0.15) is 0 Å². The number of carbonyl (C=O) groups is 2. The molecule has 4 atom stereocenters. The van der Waals surface area contributed by atoms with E-state index in [9.17, 15) is 9.59 Å². The van der Waals surface area contributed by atoms with Crippen LogP contribution in [0.4, 0.5) is 0 Å². The van der Waals surface area contributed by atoms with E-state index in [4.69, 9.17) is 14.2 Å². The van der Waals surface area contributed by atoms with Crippen LogP contribution in [0.2, 0.25) is 0 Å². The molecule has 4 aromatic rings. The molecule has 0 radical (unpaired) electrons. The zero-order chi connectivity index (χ0) is 35.3. The second-order valence-corrected chi connectivity index (χ2v) is 14.7. The Labute approximate surface area is 297 Å². The van der Waals surface area contributed by atoms with Gasteiger partial charge >= 0.3 is 5.97 Å². The van der Waals surface area contributed by atoms with E-state index in [1.807, 2.05) is 84.6 Å². The lowest BCUT2D eigenvalue weighted by atomic mass is 9.87. The van der Waals surface area contributed by atoms with Crippen LogP contribution >= 0.6 is 0 Å². The number of fused-ring (bicyclic) bond motifs is 1. The van der Waals surface area contributed by atoms with Crippen molar-refractivity contribution >= 4 is 11.9 Å². The SMILES string of the molecule is CCOC(=O)[C@H](Cc1ccc(OCCN(C(=O)c2cccc(C)c2)C2[C@H]3CN(Cc4ccccc4)C[C@@H]23)cc1)Oc1ccc(C(C)(C)C)cc1. The van der Waals surface area contributed by atoms with Crippen molar-refractivity contribution in [1.29, 1.82) is 0 Å². The molecule has 1 saturated carbocycles. The summed E-state index contributed by atoms with van der Waals surface area (Å²) in [7, 11) is 0. The monoisotopic (exact) mass is 674 g/mol. The van der Waals surface area contributed by atoms with Gasteiger partial charge in [-0.05, 0) is 84.2 Å². The summed E-state index contributed by atoms with van der Waals surface area (Å²) in [6.07, 6.45) is -0.407. The molecule has 1 aliphatic heterocycles. The van der Waals surface area contributed by atoms with Crippen molar-refractivity contribution in [3.05, 3.63) is 131 Å². The first-order valence-electron chi connectivity index (χ1n) is 17.9. The zero-order valence-electron chi connectivity index (χ0n) is 30.0. The first kappa shape index (κ1) is 35.2. The van der Waals surface area contributed by atoms with Gasteiger partial charge in [0.2, 0.25) is 0 Å². The molecule has 1 saturated heterocycles. The Balaban J connectivity index is 1.06. The maximum absolute atomic E-state index is 13.9. The van der Waals surface area contributed by atoms with Gasteiger partial charge in [0.1, 0.15) is 18.1 Å². The van der Waals surface area contributed by atoms with Gasteiger partial charge in [-0.3, -0.25) is 9.69 Å². The van der Waals surface area contributed by atoms with Crippen LogP contribution in [0, 0.1) is 18.8 Å². The number of nitrogens with zero attached hydrogens (tertiary/aromatic N) is 2. The summed E-state index contributed by atoms with van der Waals surface area (Å²) in [6.45, 7) is 14.4. The van der Waals surface area contributed by atoms with Crippen LogP contribution in [0.3, 0.4) is 0 Å². The molecular weight excluding hydrogens is 624 g/mol. The molecule has 50 heavy (non-hydrogen) atoms. The van der Waals surface area contributed by atoms with E-state index in [-0.39, 0.29) is 29.9 Å². The maximum Gasteiger partial charge on any atom is 0.347 e. The molecule has 1 unspecified atom stereocenters. The maximum atomic E-state index is 13.9. The first-order valence-corrected chi connectivity index (χ1v) is 17.9. The van der Waals surface area contributed by atoms with Gasteiger partial charge in [-0.25, -0.2) is 4.79 Å². The number of likely N-dealkylation sites (tertiary alicyclic amines) is 1. The number of benzene rings is 4. The van der Waals surface area contributed by atoms with E-state index in [1.165, 1.54) is 11.1 Å². The lowest BCUT2D eigenvalue weighted by Crippen LogP contribution is -2.41. The van der Waals surface area contributed by atoms with Crippen LogP contribution in [0.5, 0.6) is 11.5 Å². The number of aryl methyl sites for hydroxylation is 1. The number of esters is 1. The quantitative estimate of drug-likeness (QED) is 0.129. The van der Waals surface area contributed by atoms with Crippen LogP contribution < -0.4 is 9.47 Å². The van der Waals surface area contributed by atoms with E-state index in [2.05, 4.69) is 56.0 Å². The highest BCUT2D eigenvalue weighted by Crippen LogP contribution is 2.49. The number of rotatable bonds is 14. The van der Waals surface area contributed by atoms with Crippen molar-refractivity contribution < 1.29 is 23.8 Å². The van der Waals surface area contributed by atoms with Crippen LogP contribution in [0.15, 0.2) is 103 Å². The molecule has 1 heterocycles. The van der Waals surface area contributed by atoms with Gasteiger partial charge < -0.3 is 19.1 Å². The summed E-state index contributed by atoms with van der Waals surface area (Å²) >= 11 is 0. The molecule has 0 N–H and O–H groups in total. The van der Waals surface area contributed by atoms with Crippen molar-refractivity contribution in [2.75, 3.05) is 32.8 Å². The highest BCUT2D eigenvalue weighted by molar-refractivity contribution is 5.95. The largest absolute Gasteiger partial charge is 0.492 e. The molecule has 4 aromatic carbocycles. The van der Waals surface area contributed by atoms with Crippen LogP contribution in [-0.4, -0.2) is 66.7 Å². The van der Waals surface area contributed by atoms with Crippen molar-refractivity contribution in [3.8, 4) is 11.5 Å². The van der Waals surface area contributed by atoms with E-state index in [0.29, 0.717) is 42.9 Å². The normalized spacial score (nSPS) is 18.9. The first-order chi connectivity index (χ1) is 24.1. The summed E-state index contributed by atoms with van der Waals surface area (Å²) < 4.78 is 17.7. The zero-order valence-corrected chi connectivity index (χ0v) is 30.0. The van der Waals surface area contributed by atoms with Crippen molar-refractivity contribution in [3.63, 3.8) is 0 Å². The Bertz CT molecular complexity index is 1720. The van der Waals surface area contributed by atoms with E-state index in [1.54, 1.807) is 6.92 Å². The third-order valence-corrected chi connectivity index (χ3v) is 9.85. The van der Waals surface area contributed by atoms with Gasteiger partial charge in [0.25, 0.3) is 5.91 Å². The molecule has 2 aliphatic rings. The molecule has 262 valence electrons. The van der Waals surface area contributed by atoms with E-state index >= 15 is 0 Å². The Hall–Kier alpha value is -4.62. The number of ether oxygens (including phenoxy) is 3. The predicted molar refractivity (Wildman–Crippen MR) is 197 cm³/mol. The average Bonchev–Trinajstić information content (AvgIpc) is 3.59.